The van der Waals surface area contributed by atoms with E-state index in [0.29, 0.717) is 42.2 Å². The first kappa shape index (κ1) is 24.1. The number of alkyl halides is 1. The van der Waals surface area contributed by atoms with Crippen LogP contribution in [0.5, 0.6) is 0 Å². The molecule has 0 aliphatic heterocycles. The number of nitrogens with zero attached hydrogens (tertiary/aromatic N) is 4. The monoisotopic (exact) mass is 454 g/mol. The first-order valence-electron chi connectivity index (χ1n) is 10.5. The summed E-state index contributed by atoms with van der Waals surface area (Å²) in [7, 11) is 1.61. The average molecular weight is 455 g/mol. The van der Waals surface area contributed by atoms with Crippen LogP contribution in [0.1, 0.15) is 36.2 Å². The van der Waals surface area contributed by atoms with Gasteiger partial charge in [0.25, 0.3) is 5.91 Å². The van der Waals surface area contributed by atoms with Gasteiger partial charge in [-0.1, -0.05) is 0 Å². The van der Waals surface area contributed by atoms with E-state index in [0.717, 1.165) is 5.52 Å². The number of nitriles is 1. The number of amides is 1. The van der Waals surface area contributed by atoms with Gasteiger partial charge in [-0.15, -0.1) is 0 Å². The third-order valence-electron chi connectivity index (χ3n) is 5.09. The Morgan fingerprint density at radius 3 is 2.85 bits per heavy atom. The number of aliphatic hydroxyl groups is 1. The summed E-state index contributed by atoms with van der Waals surface area (Å²) in [6, 6.07) is 9.17. The van der Waals surface area contributed by atoms with E-state index in [9.17, 15) is 14.3 Å². The minimum absolute atomic E-state index is 0.250. The van der Waals surface area contributed by atoms with E-state index in [-0.39, 0.29) is 12.1 Å². The van der Waals surface area contributed by atoms with Gasteiger partial charge >= 0.3 is 0 Å². The second-order valence-corrected chi connectivity index (χ2v) is 8.13. The Balaban J connectivity index is 1.90. The van der Waals surface area contributed by atoms with Gasteiger partial charge in [0.05, 0.1) is 52.1 Å². The average Bonchev–Trinajstić information content (AvgIpc) is 3.22. The van der Waals surface area contributed by atoms with Crippen molar-refractivity contribution >= 4 is 17.1 Å². The van der Waals surface area contributed by atoms with E-state index in [4.69, 9.17) is 10.00 Å². The number of carbonyl (C=O) groups excluding carboxylic acids is 1. The van der Waals surface area contributed by atoms with E-state index in [1.165, 1.54) is 26.2 Å². The summed E-state index contributed by atoms with van der Waals surface area (Å²) in [5, 5.41) is 28.9. The number of ether oxygens (including phenoxy) is 1. The molecule has 33 heavy (non-hydrogen) atoms. The molecule has 0 aromatic carbocycles. The molecular formula is C23H27FN6O3. The molecule has 3 heterocycles. The van der Waals surface area contributed by atoms with Gasteiger partial charge in [0, 0.05) is 26.5 Å². The van der Waals surface area contributed by atoms with Crippen molar-refractivity contribution in [2.45, 2.75) is 32.0 Å². The molecule has 0 spiro atoms. The molecule has 3 aromatic rings. The number of fused-ring (bicyclic) bond motifs is 1. The van der Waals surface area contributed by atoms with Crippen molar-refractivity contribution in [3.63, 3.8) is 0 Å². The molecule has 10 heteroatoms. The van der Waals surface area contributed by atoms with Crippen LogP contribution in [0.2, 0.25) is 0 Å². The van der Waals surface area contributed by atoms with Crippen LogP contribution in [0.4, 0.5) is 10.1 Å². The van der Waals surface area contributed by atoms with Crippen molar-refractivity contribution in [1.82, 2.24) is 19.9 Å². The molecule has 0 aliphatic carbocycles. The number of methoxy groups -OCH3 is 1. The van der Waals surface area contributed by atoms with E-state index in [1.54, 1.807) is 23.8 Å². The summed E-state index contributed by atoms with van der Waals surface area (Å²) < 4.78 is 20.8. The number of carbonyl (C=O) groups is 1. The lowest BCUT2D eigenvalue weighted by Crippen LogP contribution is -2.42. The highest BCUT2D eigenvalue weighted by Crippen LogP contribution is 2.25. The fourth-order valence-electron chi connectivity index (χ4n) is 3.14. The molecule has 0 saturated carbocycles. The lowest BCUT2D eigenvalue weighted by molar-refractivity contribution is -0.00177. The first-order valence-corrected chi connectivity index (χ1v) is 10.5. The molecule has 0 radical (unpaired) electrons. The highest BCUT2D eigenvalue weighted by molar-refractivity contribution is 6.00. The van der Waals surface area contributed by atoms with Crippen molar-refractivity contribution in [3.8, 4) is 17.5 Å². The Morgan fingerprint density at radius 2 is 2.15 bits per heavy atom. The van der Waals surface area contributed by atoms with Crippen molar-refractivity contribution in [1.29, 1.82) is 5.26 Å². The predicted molar refractivity (Wildman–Crippen MR) is 122 cm³/mol. The van der Waals surface area contributed by atoms with Gasteiger partial charge in [0.2, 0.25) is 0 Å². The van der Waals surface area contributed by atoms with Crippen LogP contribution < -0.4 is 10.6 Å². The molecule has 1 atom stereocenters. The number of hydrogen-bond acceptors (Lipinski definition) is 7. The topological polar surface area (TPSA) is 125 Å². The van der Waals surface area contributed by atoms with E-state index in [1.807, 2.05) is 12.1 Å². The number of hydrogen-bond donors (Lipinski definition) is 3. The molecule has 3 rings (SSSR count). The van der Waals surface area contributed by atoms with Crippen molar-refractivity contribution in [2.24, 2.45) is 0 Å². The number of nitrogens with one attached hydrogen (secondary N) is 2. The van der Waals surface area contributed by atoms with Crippen LogP contribution >= 0.6 is 0 Å². The lowest BCUT2D eigenvalue weighted by Gasteiger charge is -2.22. The van der Waals surface area contributed by atoms with Crippen LogP contribution in [-0.2, 0) is 4.74 Å². The van der Waals surface area contributed by atoms with Gasteiger partial charge in [-0.2, -0.15) is 10.4 Å². The van der Waals surface area contributed by atoms with Crippen LogP contribution in [0.15, 0.2) is 36.7 Å². The van der Waals surface area contributed by atoms with Crippen LogP contribution in [0.3, 0.4) is 0 Å². The Hall–Kier alpha value is -3.55. The molecule has 0 bridgehead atoms. The molecule has 1 unspecified atom stereocenters. The van der Waals surface area contributed by atoms with Gasteiger partial charge in [0.15, 0.2) is 0 Å². The molecular weight excluding hydrogens is 427 g/mol. The maximum atomic E-state index is 14.1. The SMILES string of the molecule is COCCCNc1cc(-c2ccc3cc(C#N)cnn23)ncc1C(=O)NCC(F)C(C)(C)O. The number of rotatable bonds is 10. The fraction of sp³-hybridized carbons (Fsp3) is 0.391. The predicted octanol–water partition coefficient (Wildman–Crippen LogP) is 2.56. The van der Waals surface area contributed by atoms with Gasteiger partial charge in [-0.3, -0.25) is 9.78 Å². The molecule has 174 valence electrons. The number of anilines is 1. The Bertz CT molecular complexity index is 1170. The highest BCUT2D eigenvalue weighted by Gasteiger charge is 2.27. The summed E-state index contributed by atoms with van der Waals surface area (Å²) in [5.41, 5.74) is 1.65. The molecule has 1 amide bonds. The molecule has 0 saturated heterocycles. The zero-order valence-corrected chi connectivity index (χ0v) is 18.8. The van der Waals surface area contributed by atoms with Crippen molar-refractivity contribution in [3.05, 3.63) is 47.8 Å². The second-order valence-electron chi connectivity index (χ2n) is 8.13. The van der Waals surface area contributed by atoms with E-state index in [2.05, 4.69) is 26.8 Å². The summed E-state index contributed by atoms with van der Waals surface area (Å²) in [6.07, 6.45) is 1.98. The molecule has 3 N–H and O–H groups in total. The quantitative estimate of drug-likeness (QED) is 0.402. The minimum Gasteiger partial charge on any atom is -0.387 e. The van der Waals surface area contributed by atoms with Gasteiger partial charge in [-0.05, 0) is 44.5 Å². The van der Waals surface area contributed by atoms with Gasteiger partial charge in [0.1, 0.15) is 12.2 Å². The number of halogens is 1. The minimum atomic E-state index is -1.62. The van der Waals surface area contributed by atoms with E-state index >= 15 is 0 Å². The van der Waals surface area contributed by atoms with Crippen molar-refractivity contribution in [2.75, 3.05) is 32.1 Å². The zero-order chi connectivity index (χ0) is 24.0. The summed E-state index contributed by atoms with van der Waals surface area (Å²) >= 11 is 0. The molecule has 0 fully saturated rings. The largest absolute Gasteiger partial charge is 0.387 e. The number of pyridine rings is 1. The maximum Gasteiger partial charge on any atom is 0.255 e. The molecule has 0 aliphatic rings. The first-order chi connectivity index (χ1) is 15.7. The van der Waals surface area contributed by atoms with Gasteiger partial charge in [-0.25, -0.2) is 8.91 Å². The normalized spacial score (nSPS) is 12.4. The smallest absolute Gasteiger partial charge is 0.255 e. The van der Waals surface area contributed by atoms with Crippen molar-refractivity contribution < 1.29 is 19.0 Å². The summed E-state index contributed by atoms with van der Waals surface area (Å²) in [6.45, 7) is 3.46. The Morgan fingerprint density at radius 1 is 1.36 bits per heavy atom. The third-order valence-corrected chi connectivity index (χ3v) is 5.09. The third kappa shape index (κ3) is 5.83. The summed E-state index contributed by atoms with van der Waals surface area (Å²) in [4.78, 5) is 17.2. The fourth-order valence-corrected chi connectivity index (χ4v) is 3.14. The summed E-state index contributed by atoms with van der Waals surface area (Å²) in [5.74, 6) is -0.507. The van der Waals surface area contributed by atoms with E-state index < -0.39 is 17.7 Å². The Kier molecular flexibility index (Phi) is 7.58. The van der Waals surface area contributed by atoms with Crippen LogP contribution in [-0.4, -0.2) is 64.2 Å². The Labute approximate surface area is 191 Å². The van der Waals surface area contributed by atoms with Crippen LogP contribution in [0, 0.1) is 11.3 Å². The standard InChI is InChI=1S/C23H27FN6O3/c1-23(2,32)21(24)14-28-22(31)17-13-27-19(10-18(17)26-7-4-8-33-3)20-6-5-16-9-15(11-25)12-29-30(16)20/h5-6,9-10,12-13,21,32H,4,7-8,14H2,1-3H3,(H,26,27)(H,28,31). The zero-order valence-electron chi connectivity index (χ0n) is 18.8. The molecule has 9 nitrogen and oxygen atoms in total. The second kappa shape index (κ2) is 10.4. The number of aromatic nitrogens is 3. The lowest BCUT2D eigenvalue weighted by atomic mass is 10.0. The van der Waals surface area contributed by atoms with Crippen LogP contribution in [0.25, 0.3) is 16.9 Å². The highest BCUT2D eigenvalue weighted by atomic mass is 19.1. The molecule has 3 aromatic heterocycles. The maximum absolute atomic E-state index is 14.1. The van der Waals surface area contributed by atoms with Gasteiger partial charge < -0.3 is 20.5 Å².